The number of oxazole rings is 1. The number of rotatable bonds is 5. The van der Waals surface area contributed by atoms with Crippen LogP contribution < -0.4 is 11.1 Å². The summed E-state index contributed by atoms with van der Waals surface area (Å²) in [7, 11) is 0. The van der Waals surface area contributed by atoms with Gasteiger partial charge in [-0.15, -0.1) is 0 Å². The fourth-order valence-corrected chi connectivity index (χ4v) is 1.87. The highest BCUT2D eigenvalue weighted by Gasteiger charge is 2.09. The molecule has 4 heteroatoms. The number of fused-ring (bicyclic) bond motifs is 1. The molecule has 18 heavy (non-hydrogen) atoms. The number of aromatic nitrogens is 1. The monoisotopic (exact) mass is 248 g/mol. The zero-order chi connectivity index (χ0) is 13.1. The third-order valence-electron chi connectivity index (χ3n) is 3.38. The third-order valence-corrected chi connectivity index (χ3v) is 3.38. The minimum atomic E-state index is -0.282. The third kappa shape index (κ3) is 2.64. The highest BCUT2D eigenvalue weighted by molar-refractivity contribution is 5.72. The number of hydrogen-bond donors (Lipinski definition) is 1. The van der Waals surface area contributed by atoms with Gasteiger partial charge in [-0.05, 0) is 25.0 Å². The lowest BCUT2D eigenvalue weighted by Gasteiger charge is -2.17. The van der Waals surface area contributed by atoms with Crippen molar-refractivity contribution < 1.29 is 4.42 Å². The second kappa shape index (κ2) is 5.40. The Morgan fingerprint density at radius 3 is 2.72 bits per heavy atom. The molecule has 0 aliphatic rings. The fraction of sp³-hybridized carbons (Fsp3) is 0.500. The van der Waals surface area contributed by atoms with Crippen molar-refractivity contribution in [1.29, 1.82) is 0 Å². The van der Waals surface area contributed by atoms with E-state index in [0.29, 0.717) is 24.1 Å². The summed E-state index contributed by atoms with van der Waals surface area (Å²) in [5.74, 6) is 0.304. The van der Waals surface area contributed by atoms with E-state index >= 15 is 0 Å². The molecule has 0 aliphatic heterocycles. The Kier molecular flexibility index (Phi) is 3.87. The molecule has 1 unspecified atom stereocenters. The maximum atomic E-state index is 11.7. The van der Waals surface area contributed by atoms with E-state index in [2.05, 4.69) is 26.1 Å². The van der Waals surface area contributed by atoms with Gasteiger partial charge in [-0.2, -0.15) is 0 Å². The Morgan fingerprint density at radius 1 is 1.28 bits per heavy atom. The summed E-state index contributed by atoms with van der Waals surface area (Å²) in [4.78, 5) is 11.7. The predicted molar refractivity (Wildman–Crippen MR) is 72.8 cm³/mol. The smallest absolute Gasteiger partial charge is 0.408 e. The largest absolute Gasteiger partial charge is 0.419 e. The van der Waals surface area contributed by atoms with Gasteiger partial charge in [0.1, 0.15) is 0 Å². The van der Waals surface area contributed by atoms with Gasteiger partial charge >= 0.3 is 5.76 Å². The van der Waals surface area contributed by atoms with Gasteiger partial charge in [-0.1, -0.05) is 26.0 Å². The lowest BCUT2D eigenvalue weighted by molar-refractivity contribution is 0.410. The van der Waals surface area contributed by atoms with Gasteiger partial charge in [0, 0.05) is 19.1 Å². The molecule has 4 nitrogen and oxygen atoms in total. The molecule has 1 atom stereocenters. The molecule has 0 fully saturated rings. The number of hydrogen-bond acceptors (Lipinski definition) is 3. The van der Waals surface area contributed by atoms with Gasteiger partial charge in [-0.25, -0.2) is 4.79 Å². The van der Waals surface area contributed by atoms with Gasteiger partial charge in [-0.3, -0.25) is 4.57 Å². The Bertz CT molecular complexity index is 568. The van der Waals surface area contributed by atoms with Crippen LogP contribution >= 0.6 is 0 Å². The van der Waals surface area contributed by atoms with Crippen LogP contribution in [0.1, 0.15) is 20.8 Å². The Balaban J connectivity index is 2.08. The minimum Gasteiger partial charge on any atom is -0.408 e. The molecule has 98 valence electrons. The van der Waals surface area contributed by atoms with Crippen LogP contribution in [0.5, 0.6) is 0 Å². The summed E-state index contributed by atoms with van der Waals surface area (Å²) in [6, 6.07) is 7.95. The quantitative estimate of drug-likeness (QED) is 0.882. The van der Waals surface area contributed by atoms with Crippen molar-refractivity contribution in [2.24, 2.45) is 5.92 Å². The summed E-state index contributed by atoms with van der Waals surface area (Å²) < 4.78 is 6.86. The van der Waals surface area contributed by atoms with Crippen LogP contribution in [0.2, 0.25) is 0 Å². The molecule has 0 bridgehead atoms. The van der Waals surface area contributed by atoms with Gasteiger partial charge in [0.2, 0.25) is 0 Å². The first-order chi connectivity index (χ1) is 8.59. The van der Waals surface area contributed by atoms with Crippen molar-refractivity contribution in [2.45, 2.75) is 33.4 Å². The first-order valence-electron chi connectivity index (χ1n) is 6.41. The number of para-hydroxylation sites is 2. The Morgan fingerprint density at radius 2 is 2.00 bits per heavy atom. The standard InChI is InChI=1S/C14H20N2O2/c1-10(2)11(3)15-8-9-16-12-6-4-5-7-13(12)18-14(16)17/h4-7,10-11,15H,8-9H2,1-3H3. The molecular weight excluding hydrogens is 228 g/mol. The first-order valence-corrected chi connectivity index (χ1v) is 6.41. The summed E-state index contributed by atoms with van der Waals surface area (Å²) in [5, 5.41) is 3.41. The zero-order valence-electron chi connectivity index (χ0n) is 11.1. The van der Waals surface area contributed by atoms with E-state index in [1.54, 1.807) is 4.57 Å². The molecule has 0 radical (unpaired) electrons. The Labute approximate surface area is 107 Å². The maximum absolute atomic E-state index is 11.7. The molecule has 0 amide bonds. The number of benzene rings is 1. The zero-order valence-corrected chi connectivity index (χ0v) is 11.1. The molecular formula is C14H20N2O2. The molecule has 1 heterocycles. The van der Waals surface area contributed by atoms with Gasteiger partial charge < -0.3 is 9.73 Å². The molecule has 1 aromatic carbocycles. The SMILES string of the molecule is CC(C)C(C)NCCn1c(=O)oc2ccccc21. The lowest BCUT2D eigenvalue weighted by Crippen LogP contribution is -2.34. The summed E-state index contributed by atoms with van der Waals surface area (Å²) in [5.41, 5.74) is 1.51. The van der Waals surface area contributed by atoms with Gasteiger partial charge in [0.05, 0.1) is 5.52 Å². The molecule has 1 aromatic heterocycles. The van der Waals surface area contributed by atoms with Gasteiger partial charge in [0.15, 0.2) is 5.58 Å². The van der Waals surface area contributed by atoms with Crippen molar-refractivity contribution in [2.75, 3.05) is 6.54 Å². The second-order valence-corrected chi connectivity index (χ2v) is 4.97. The number of nitrogens with one attached hydrogen (secondary N) is 1. The van der Waals surface area contributed by atoms with E-state index in [0.717, 1.165) is 12.1 Å². The number of nitrogens with zero attached hydrogens (tertiary/aromatic N) is 1. The molecule has 2 aromatic rings. The summed E-state index contributed by atoms with van der Waals surface area (Å²) in [6.07, 6.45) is 0. The van der Waals surface area contributed by atoms with Crippen molar-refractivity contribution in [3.8, 4) is 0 Å². The van der Waals surface area contributed by atoms with E-state index in [9.17, 15) is 4.79 Å². The van der Waals surface area contributed by atoms with Crippen LogP contribution in [0, 0.1) is 5.92 Å². The minimum absolute atomic E-state index is 0.282. The Hall–Kier alpha value is -1.55. The van der Waals surface area contributed by atoms with E-state index in [1.165, 1.54) is 0 Å². The second-order valence-electron chi connectivity index (χ2n) is 4.97. The van der Waals surface area contributed by atoms with Crippen LogP contribution in [0.15, 0.2) is 33.5 Å². The van der Waals surface area contributed by atoms with Crippen molar-refractivity contribution >= 4 is 11.1 Å². The molecule has 2 rings (SSSR count). The fourth-order valence-electron chi connectivity index (χ4n) is 1.87. The lowest BCUT2D eigenvalue weighted by atomic mass is 10.1. The van der Waals surface area contributed by atoms with E-state index in [1.807, 2.05) is 24.3 Å². The highest BCUT2D eigenvalue weighted by Crippen LogP contribution is 2.11. The van der Waals surface area contributed by atoms with Crippen molar-refractivity contribution in [3.63, 3.8) is 0 Å². The molecule has 1 N–H and O–H groups in total. The molecule has 0 aliphatic carbocycles. The highest BCUT2D eigenvalue weighted by atomic mass is 16.4. The predicted octanol–water partition coefficient (Wildman–Crippen LogP) is 2.23. The van der Waals surface area contributed by atoms with Crippen LogP contribution in [-0.2, 0) is 6.54 Å². The average Bonchev–Trinajstić information content (AvgIpc) is 2.65. The molecule has 0 spiro atoms. The van der Waals surface area contributed by atoms with E-state index in [4.69, 9.17) is 4.42 Å². The normalized spacial score (nSPS) is 13.3. The summed E-state index contributed by atoms with van der Waals surface area (Å²) >= 11 is 0. The summed E-state index contributed by atoms with van der Waals surface area (Å²) in [6.45, 7) is 7.91. The average molecular weight is 248 g/mol. The van der Waals surface area contributed by atoms with Crippen LogP contribution in [-0.4, -0.2) is 17.2 Å². The first kappa shape index (κ1) is 12.9. The van der Waals surface area contributed by atoms with Crippen LogP contribution in [0.4, 0.5) is 0 Å². The van der Waals surface area contributed by atoms with E-state index < -0.39 is 0 Å². The van der Waals surface area contributed by atoms with Crippen molar-refractivity contribution in [3.05, 3.63) is 34.8 Å². The van der Waals surface area contributed by atoms with E-state index in [-0.39, 0.29) is 5.76 Å². The maximum Gasteiger partial charge on any atom is 0.419 e. The van der Waals surface area contributed by atoms with Crippen LogP contribution in [0.25, 0.3) is 11.1 Å². The molecule has 0 saturated heterocycles. The van der Waals surface area contributed by atoms with Crippen LogP contribution in [0.3, 0.4) is 0 Å². The topological polar surface area (TPSA) is 47.2 Å². The van der Waals surface area contributed by atoms with Crippen molar-refractivity contribution in [1.82, 2.24) is 9.88 Å². The molecule has 0 saturated carbocycles. The van der Waals surface area contributed by atoms with Gasteiger partial charge in [0.25, 0.3) is 0 Å².